The smallest absolute Gasteiger partial charge is 0.123 e. The van der Waals surface area contributed by atoms with E-state index < -0.39 is 0 Å². The minimum atomic E-state index is -0.118. The van der Waals surface area contributed by atoms with E-state index >= 15 is 0 Å². The second-order valence-corrected chi connectivity index (χ2v) is 3.71. The second kappa shape index (κ2) is 3.46. The normalized spacial score (nSPS) is 26.0. The van der Waals surface area contributed by atoms with Crippen LogP contribution in [0.3, 0.4) is 0 Å². The first-order chi connectivity index (χ1) is 6.31. The van der Waals surface area contributed by atoms with Crippen LogP contribution in [0, 0.1) is 11.7 Å². The van der Waals surface area contributed by atoms with Gasteiger partial charge in [0.25, 0.3) is 0 Å². The van der Waals surface area contributed by atoms with Gasteiger partial charge in [-0.25, -0.2) is 4.39 Å². The van der Waals surface area contributed by atoms with E-state index in [1.165, 1.54) is 12.5 Å². The zero-order valence-electron chi connectivity index (χ0n) is 7.76. The third kappa shape index (κ3) is 1.89. The van der Waals surface area contributed by atoms with Crippen LogP contribution in [-0.4, -0.2) is 13.6 Å². The molecule has 0 bridgehead atoms. The molecule has 1 aliphatic carbocycles. The van der Waals surface area contributed by atoms with Crippen LogP contribution in [-0.2, 0) is 0 Å². The Morgan fingerprint density at radius 2 is 2.38 bits per heavy atom. The minimum Gasteiger partial charge on any atom is -0.319 e. The molecule has 2 heteroatoms. The fraction of sp³-hybridized carbons (Fsp3) is 0.455. The molecule has 13 heavy (non-hydrogen) atoms. The molecular weight excluding hydrogens is 165 g/mol. The maximum atomic E-state index is 12.9. The highest BCUT2D eigenvalue weighted by atomic mass is 19.1. The van der Waals surface area contributed by atoms with E-state index in [-0.39, 0.29) is 5.82 Å². The Morgan fingerprint density at radius 1 is 1.54 bits per heavy atom. The molecule has 1 aliphatic rings. The van der Waals surface area contributed by atoms with Gasteiger partial charge in [0, 0.05) is 0 Å². The van der Waals surface area contributed by atoms with Crippen LogP contribution >= 0.6 is 0 Å². The molecule has 70 valence electrons. The molecule has 1 N–H and O–H groups in total. The maximum absolute atomic E-state index is 12.9. The summed E-state index contributed by atoms with van der Waals surface area (Å²) in [5, 5.41) is 3.15. The lowest BCUT2D eigenvalue weighted by atomic mass is 10.1. The van der Waals surface area contributed by atoms with Gasteiger partial charge < -0.3 is 5.32 Å². The van der Waals surface area contributed by atoms with Crippen molar-refractivity contribution in [1.82, 2.24) is 5.32 Å². The van der Waals surface area contributed by atoms with E-state index in [4.69, 9.17) is 0 Å². The molecule has 0 amide bonds. The van der Waals surface area contributed by atoms with Gasteiger partial charge in [-0.1, -0.05) is 12.1 Å². The highest BCUT2D eigenvalue weighted by Crippen LogP contribution is 2.46. The number of nitrogens with one attached hydrogen (secondary N) is 1. The van der Waals surface area contributed by atoms with Crippen LogP contribution < -0.4 is 5.32 Å². The third-order valence-electron chi connectivity index (χ3n) is 2.67. The van der Waals surface area contributed by atoms with Gasteiger partial charge >= 0.3 is 0 Å². The number of hydrogen-bond donors (Lipinski definition) is 1. The molecule has 1 nitrogen and oxygen atoms in total. The number of halogens is 1. The van der Waals surface area contributed by atoms with Gasteiger partial charge in [-0.15, -0.1) is 0 Å². The van der Waals surface area contributed by atoms with Crippen molar-refractivity contribution in [3.63, 3.8) is 0 Å². The summed E-state index contributed by atoms with van der Waals surface area (Å²) in [6.07, 6.45) is 1.20. The highest BCUT2D eigenvalue weighted by molar-refractivity contribution is 5.26. The molecule has 1 saturated carbocycles. The predicted octanol–water partition coefficient (Wildman–Crippen LogP) is 2.15. The molecule has 1 fully saturated rings. The molecule has 0 heterocycles. The lowest BCUT2D eigenvalue weighted by molar-refractivity contribution is 0.624. The first-order valence-electron chi connectivity index (χ1n) is 4.71. The average molecular weight is 179 g/mol. The topological polar surface area (TPSA) is 12.0 Å². The first-order valence-corrected chi connectivity index (χ1v) is 4.71. The summed E-state index contributed by atoms with van der Waals surface area (Å²) in [5.74, 6) is 1.18. The summed E-state index contributed by atoms with van der Waals surface area (Å²) in [5.41, 5.74) is 1.15. The van der Waals surface area contributed by atoms with Crippen molar-refractivity contribution in [1.29, 1.82) is 0 Å². The molecule has 0 saturated heterocycles. The molecular formula is C11H14FN. The van der Waals surface area contributed by atoms with E-state index in [1.54, 1.807) is 12.1 Å². The largest absolute Gasteiger partial charge is 0.319 e. The summed E-state index contributed by atoms with van der Waals surface area (Å²) in [4.78, 5) is 0. The van der Waals surface area contributed by atoms with E-state index in [9.17, 15) is 4.39 Å². The Morgan fingerprint density at radius 3 is 3.08 bits per heavy atom. The Kier molecular flexibility index (Phi) is 2.32. The SMILES string of the molecule is CNCC1CC1c1cccc(F)c1. The lowest BCUT2D eigenvalue weighted by Gasteiger charge is -1.99. The molecule has 2 atom stereocenters. The van der Waals surface area contributed by atoms with Crippen LogP contribution in [0.1, 0.15) is 17.9 Å². The number of rotatable bonds is 3. The summed E-state index contributed by atoms with van der Waals surface area (Å²) >= 11 is 0. The van der Waals surface area contributed by atoms with Gasteiger partial charge in [-0.2, -0.15) is 0 Å². The van der Waals surface area contributed by atoms with Crippen LogP contribution in [0.25, 0.3) is 0 Å². The molecule has 1 aromatic carbocycles. The summed E-state index contributed by atoms with van der Waals surface area (Å²) in [7, 11) is 1.96. The van der Waals surface area contributed by atoms with Crippen molar-refractivity contribution >= 4 is 0 Å². The quantitative estimate of drug-likeness (QED) is 0.749. The Labute approximate surface area is 78.0 Å². The summed E-state index contributed by atoms with van der Waals surface area (Å²) < 4.78 is 12.9. The fourth-order valence-electron chi connectivity index (χ4n) is 1.88. The Balaban J connectivity index is 2.03. The molecule has 0 aromatic heterocycles. The molecule has 1 aromatic rings. The number of hydrogen-bond acceptors (Lipinski definition) is 1. The van der Waals surface area contributed by atoms with Gasteiger partial charge in [-0.05, 0) is 49.5 Å². The fourth-order valence-corrected chi connectivity index (χ4v) is 1.88. The van der Waals surface area contributed by atoms with Crippen LogP contribution in [0.4, 0.5) is 4.39 Å². The Hall–Kier alpha value is -0.890. The molecule has 2 unspecified atom stereocenters. The zero-order valence-corrected chi connectivity index (χ0v) is 7.76. The minimum absolute atomic E-state index is 0.118. The van der Waals surface area contributed by atoms with Crippen molar-refractivity contribution in [2.75, 3.05) is 13.6 Å². The Bertz CT molecular complexity index is 298. The van der Waals surface area contributed by atoms with Crippen molar-refractivity contribution in [2.45, 2.75) is 12.3 Å². The van der Waals surface area contributed by atoms with Gasteiger partial charge in [0.1, 0.15) is 5.82 Å². The summed E-state index contributed by atoms with van der Waals surface area (Å²) in [6.45, 7) is 1.04. The van der Waals surface area contributed by atoms with E-state index in [1.807, 2.05) is 13.1 Å². The number of benzene rings is 1. The molecule has 2 rings (SSSR count). The van der Waals surface area contributed by atoms with Crippen molar-refractivity contribution in [2.24, 2.45) is 5.92 Å². The van der Waals surface area contributed by atoms with E-state index in [2.05, 4.69) is 5.32 Å². The molecule has 0 radical (unpaired) electrons. The van der Waals surface area contributed by atoms with Crippen molar-refractivity contribution in [3.05, 3.63) is 35.6 Å². The van der Waals surface area contributed by atoms with E-state index in [0.717, 1.165) is 12.1 Å². The maximum Gasteiger partial charge on any atom is 0.123 e. The molecule has 0 aliphatic heterocycles. The standard InChI is InChI=1S/C11H14FN/c1-13-7-9-6-11(9)8-3-2-4-10(12)5-8/h2-5,9,11,13H,6-7H2,1H3. The van der Waals surface area contributed by atoms with Crippen LogP contribution in [0.2, 0.25) is 0 Å². The van der Waals surface area contributed by atoms with Crippen molar-refractivity contribution < 1.29 is 4.39 Å². The second-order valence-electron chi connectivity index (χ2n) is 3.71. The van der Waals surface area contributed by atoms with Gasteiger partial charge in [-0.3, -0.25) is 0 Å². The molecule has 0 spiro atoms. The monoisotopic (exact) mass is 179 g/mol. The zero-order chi connectivity index (χ0) is 9.26. The van der Waals surface area contributed by atoms with Gasteiger partial charge in [0.15, 0.2) is 0 Å². The predicted molar refractivity (Wildman–Crippen MR) is 51.2 cm³/mol. The van der Waals surface area contributed by atoms with Gasteiger partial charge in [0.2, 0.25) is 0 Å². The first kappa shape index (κ1) is 8.70. The lowest BCUT2D eigenvalue weighted by Crippen LogP contribution is -2.10. The average Bonchev–Trinajstić information content (AvgIpc) is 2.85. The highest BCUT2D eigenvalue weighted by Gasteiger charge is 2.37. The van der Waals surface area contributed by atoms with Crippen LogP contribution in [0.15, 0.2) is 24.3 Å². The summed E-state index contributed by atoms with van der Waals surface area (Å²) in [6, 6.07) is 6.96. The van der Waals surface area contributed by atoms with Crippen molar-refractivity contribution in [3.8, 4) is 0 Å². The van der Waals surface area contributed by atoms with Gasteiger partial charge in [0.05, 0.1) is 0 Å². The van der Waals surface area contributed by atoms with E-state index in [0.29, 0.717) is 11.8 Å². The van der Waals surface area contributed by atoms with Crippen LogP contribution in [0.5, 0.6) is 0 Å². The third-order valence-corrected chi connectivity index (χ3v) is 2.67.